The molecule has 0 fully saturated rings. The molecule has 23 heavy (non-hydrogen) atoms. The molecule has 2 aromatic rings. The predicted molar refractivity (Wildman–Crippen MR) is 95.3 cm³/mol. The van der Waals surface area contributed by atoms with Crippen molar-refractivity contribution < 1.29 is 9.50 Å². The van der Waals surface area contributed by atoms with Crippen LogP contribution in [0, 0.1) is 5.82 Å². The molecule has 0 aliphatic carbocycles. The fourth-order valence-corrected chi connectivity index (χ4v) is 3.36. The van der Waals surface area contributed by atoms with E-state index in [1.807, 2.05) is 12.1 Å². The van der Waals surface area contributed by atoms with Gasteiger partial charge in [-0.15, -0.1) is 0 Å². The summed E-state index contributed by atoms with van der Waals surface area (Å²) in [6.45, 7) is 10.9. The second-order valence-corrected chi connectivity index (χ2v) is 6.72. The molecule has 0 unspecified atom stereocenters. The van der Waals surface area contributed by atoms with Gasteiger partial charge in [0.2, 0.25) is 0 Å². The van der Waals surface area contributed by atoms with E-state index in [0.29, 0.717) is 11.8 Å². The zero-order valence-corrected chi connectivity index (χ0v) is 14.8. The molecule has 2 rings (SSSR count). The molecule has 124 valence electrons. The van der Waals surface area contributed by atoms with Gasteiger partial charge in [-0.2, -0.15) is 0 Å². The summed E-state index contributed by atoms with van der Waals surface area (Å²) < 4.78 is 13.3. The highest BCUT2D eigenvalue weighted by Gasteiger charge is 2.20. The van der Waals surface area contributed by atoms with E-state index < -0.39 is 0 Å². The monoisotopic (exact) mass is 314 g/mol. The number of rotatable bonds is 5. The summed E-state index contributed by atoms with van der Waals surface area (Å²) in [4.78, 5) is 0. The lowest BCUT2D eigenvalue weighted by molar-refractivity contribution is 0.280. The summed E-state index contributed by atoms with van der Waals surface area (Å²) in [6, 6.07) is 8.88. The number of hydrogen-bond acceptors (Lipinski definition) is 1. The largest absolute Gasteiger partial charge is 0.392 e. The van der Waals surface area contributed by atoms with Crippen LogP contribution in [-0.4, -0.2) is 5.11 Å². The summed E-state index contributed by atoms with van der Waals surface area (Å²) in [6.07, 6.45) is 0.894. The minimum atomic E-state index is -0.235. The Hall–Kier alpha value is -1.67. The maximum Gasteiger partial charge on any atom is 0.123 e. The molecule has 0 aliphatic heterocycles. The van der Waals surface area contributed by atoms with Crippen LogP contribution < -0.4 is 0 Å². The third-order valence-corrected chi connectivity index (χ3v) is 4.50. The summed E-state index contributed by atoms with van der Waals surface area (Å²) >= 11 is 0. The Morgan fingerprint density at radius 1 is 0.913 bits per heavy atom. The van der Waals surface area contributed by atoms with Crippen molar-refractivity contribution in [1.29, 1.82) is 0 Å². The van der Waals surface area contributed by atoms with E-state index in [1.54, 1.807) is 0 Å². The molecule has 1 nitrogen and oxygen atoms in total. The van der Waals surface area contributed by atoms with E-state index >= 15 is 0 Å². The van der Waals surface area contributed by atoms with Gasteiger partial charge in [0.1, 0.15) is 5.82 Å². The molecule has 2 heteroatoms. The molecule has 0 radical (unpaired) electrons. The van der Waals surface area contributed by atoms with Crippen LogP contribution in [0.1, 0.15) is 68.7 Å². The van der Waals surface area contributed by atoms with Crippen molar-refractivity contribution in [2.24, 2.45) is 0 Å². The van der Waals surface area contributed by atoms with E-state index in [1.165, 1.54) is 28.8 Å². The topological polar surface area (TPSA) is 20.2 Å². The molecular formula is C21H27FO. The standard InChI is InChI=1S/C21H27FO/c1-6-17-18(13(2)3)11-19(14(4)5)20(12-23)21(17)15-7-9-16(22)10-8-15/h7-11,13-14,23H,6,12H2,1-5H3. The first-order chi connectivity index (χ1) is 10.9. The molecule has 0 amide bonds. The lowest BCUT2D eigenvalue weighted by Gasteiger charge is -2.24. The molecule has 0 saturated heterocycles. The zero-order chi connectivity index (χ0) is 17.1. The van der Waals surface area contributed by atoms with Crippen LogP contribution in [0.4, 0.5) is 4.39 Å². The van der Waals surface area contributed by atoms with E-state index in [-0.39, 0.29) is 12.4 Å². The summed E-state index contributed by atoms with van der Waals surface area (Å²) in [5.41, 5.74) is 6.83. The SMILES string of the molecule is CCc1c(C(C)C)cc(C(C)C)c(CO)c1-c1ccc(F)cc1. The van der Waals surface area contributed by atoms with Gasteiger partial charge in [0.15, 0.2) is 0 Å². The molecule has 2 aromatic carbocycles. The molecule has 0 aromatic heterocycles. The van der Waals surface area contributed by atoms with Gasteiger partial charge in [-0.3, -0.25) is 0 Å². The maximum atomic E-state index is 13.3. The Morgan fingerprint density at radius 2 is 1.43 bits per heavy atom. The smallest absolute Gasteiger partial charge is 0.123 e. The Balaban J connectivity index is 2.86. The van der Waals surface area contributed by atoms with Crippen molar-refractivity contribution in [2.75, 3.05) is 0 Å². The van der Waals surface area contributed by atoms with Gasteiger partial charge in [-0.05, 0) is 63.8 Å². The van der Waals surface area contributed by atoms with Crippen molar-refractivity contribution >= 4 is 0 Å². The summed E-state index contributed by atoms with van der Waals surface area (Å²) in [5.74, 6) is 0.510. The predicted octanol–water partition coefficient (Wildman–Crippen LogP) is 5.79. The second-order valence-electron chi connectivity index (χ2n) is 6.72. The van der Waals surface area contributed by atoms with Crippen molar-refractivity contribution in [2.45, 2.75) is 59.5 Å². The maximum absolute atomic E-state index is 13.3. The average Bonchev–Trinajstić information content (AvgIpc) is 2.53. The van der Waals surface area contributed by atoms with Gasteiger partial charge in [0.05, 0.1) is 6.61 Å². The quantitative estimate of drug-likeness (QED) is 0.740. The van der Waals surface area contributed by atoms with Crippen LogP contribution in [-0.2, 0) is 13.0 Å². The Labute approximate surface area is 139 Å². The molecule has 1 N–H and O–H groups in total. The van der Waals surface area contributed by atoms with E-state index in [0.717, 1.165) is 23.1 Å². The lowest BCUT2D eigenvalue weighted by Crippen LogP contribution is -2.08. The fraction of sp³-hybridized carbons (Fsp3) is 0.429. The van der Waals surface area contributed by atoms with E-state index in [9.17, 15) is 9.50 Å². The van der Waals surface area contributed by atoms with E-state index in [2.05, 4.69) is 40.7 Å². The van der Waals surface area contributed by atoms with Crippen LogP contribution >= 0.6 is 0 Å². The number of hydrogen-bond donors (Lipinski definition) is 1. The molecule has 0 heterocycles. The zero-order valence-electron chi connectivity index (χ0n) is 14.8. The van der Waals surface area contributed by atoms with Crippen LogP contribution in [0.2, 0.25) is 0 Å². The highest BCUT2D eigenvalue weighted by atomic mass is 19.1. The molecule has 0 atom stereocenters. The number of halogens is 1. The summed E-state index contributed by atoms with van der Waals surface area (Å²) in [5, 5.41) is 10.0. The van der Waals surface area contributed by atoms with Crippen molar-refractivity contribution in [3.8, 4) is 11.1 Å². The van der Waals surface area contributed by atoms with Crippen molar-refractivity contribution in [3.63, 3.8) is 0 Å². The first-order valence-corrected chi connectivity index (χ1v) is 8.45. The van der Waals surface area contributed by atoms with Gasteiger partial charge >= 0.3 is 0 Å². The number of aliphatic hydroxyl groups is 1. The van der Waals surface area contributed by atoms with Crippen LogP contribution in [0.15, 0.2) is 30.3 Å². The summed E-state index contributed by atoms with van der Waals surface area (Å²) in [7, 11) is 0. The Kier molecular flexibility index (Phi) is 5.59. The third-order valence-electron chi connectivity index (χ3n) is 4.50. The molecule has 0 spiro atoms. The van der Waals surface area contributed by atoms with E-state index in [4.69, 9.17) is 0 Å². The van der Waals surface area contributed by atoms with Crippen molar-refractivity contribution in [1.82, 2.24) is 0 Å². The number of aliphatic hydroxyl groups excluding tert-OH is 1. The van der Waals surface area contributed by atoms with Crippen molar-refractivity contribution in [3.05, 3.63) is 58.4 Å². The van der Waals surface area contributed by atoms with Gasteiger partial charge in [-0.25, -0.2) is 4.39 Å². The van der Waals surface area contributed by atoms with Gasteiger partial charge in [0.25, 0.3) is 0 Å². The van der Waals surface area contributed by atoms with Gasteiger partial charge < -0.3 is 5.11 Å². The van der Waals surface area contributed by atoms with Crippen LogP contribution in [0.25, 0.3) is 11.1 Å². The minimum Gasteiger partial charge on any atom is -0.392 e. The highest BCUT2D eigenvalue weighted by Crippen LogP contribution is 2.38. The molecular weight excluding hydrogens is 287 g/mol. The Morgan fingerprint density at radius 3 is 1.87 bits per heavy atom. The second kappa shape index (κ2) is 7.27. The molecule has 0 saturated carbocycles. The first kappa shape index (κ1) is 17.7. The fourth-order valence-electron chi connectivity index (χ4n) is 3.36. The normalized spacial score (nSPS) is 11.5. The molecule has 0 bridgehead atoms. The van der Waals surface area contributed by atoms with Gasteiger partial charge in [0, 0.05) is 0 Å². The van der Waals surface area contributed by atoms with Gasteiger partial charge in [-0.1, -0.05) is 52.8 Å². The minimum absolute atomic E-state index is 0.00555. The Bertz CT molecular complexity index is 635. The lowest BCUT2D eigenvalue weighted by atomic mass is 9.81. The molecule has 0 aliphatic rings. The third kappa shape index (κ3) is 3.48. The first-order valence-electron chi connectivity index (χ1n) is 8.45. The highest BCUT2D eigenvalue weighted by molar-refractivity contribution is 5.74. The number of benzene rings is 2. The van der Waals surface area contributed by atoms with Crippen LogP contribution in [0.5, 0.6) is 0 Å². The van der Waals surface area contributed by atoms with Crippen LogP contribution in [0.3, 0.4) is 0 Å². The average molecular weight is 314 g/mol.